The lowest BCUT2D eigenvalue weighted by Crippen LogP contribution is -2.39. The van der Waals surface area contributed by atoms with E-state index in [4.69, 9.17) is 0 Å². The van der Waals surface area contributed by atoms with Crippen LogP contribution in [-0.2, 0) is 6.42 Å². The van der Waals surface area contributed by atoms with Crippen LogP contribution in [0.3, 0.4) is 0 Å². The summed E-state index contributed by atoms with van der Waals surface area (Å²) in [6.07, 6.45) is 4.87. The van der Waals surface area contributed by atoms with E-state index in [0.29, 0.717) is 5.92 Å². The molecule has 0 radical (unpaired) electrons. The van der Waals surface area contributed by atoms with E-state index < -0.39 is 0 Å². The maximum Gasteiger partial charge on any atom is 0.253 e. The molecule has 1 saturated heterocycles. The third-order valence-corrected chi connectivity index (χ3v) is 6.48. The number of likely N-dealkylation sites (tertiary alicyclic amines) is 1. The number of carbonyl (C=O) groups excluding carboxylic acids is 1. The van der Waals surface area contributed by atoms with Gasteiger partial charge in [0.05, 0.1) is 21.9 Å². The summed E-state index contributed by atoms with van der Waals surface area (Å²) >= 11 is 1.57. The van der Waals surface area contributed by atoms with Gasteiger partial charge in [-0.15, -0.1) is 11.3 Å². The maximum absolute atomic E-state index is 13.1. The van der Waals surface area contributed by atoms with Gasteiger partial charge in [-0.3, -0.25) is 9.89 Å². The van der Waals surface area contributed by atoms with E-state index in [-0.39, 0.29) is 5.91 Å². The van der Waals surface area contributed by atoms with Crippen LogP contribution in [0.5, 0.6) is 0 Å². The topological polar surface area (TPSA) is 61.9 Å². The van der Waals surface area contributed by atoms with Gasteiger partial charge in [-0.25, -0.2) is 4.98 Å². The Hall–Kier alpha value is -2.99. The number of carbonyl (C=O) groups is 1. The zero-order chi connectivity index (χ0) is 19.6. The number of rotatable bonds is 4. The molecule has 1 amide bonds. The van der Waals surface area contributed by atoms with Gasteiger partial charge in [0.1, 0.15) is 0 Å². The second-order valence-electron chi connectivity index (χ2n) is 7.60. The smallest absolute Gasteiger partial charge is 0.253 e. The average molecular weight is 403 g/mol. The first-order valence-corrected chi connectivity index (χ1v) is 10.8. The molecule has 3 heterocycles. The zero-order valence-electron chi connectivity index (χ0n) is 16.0. The Labute approximate surface area is 173 Å². The normalized spacial score (nSPS) is 17.0. The quantitative estimate of drug-likeness (QED) is 0.541. The number of H-pyrrole nitrogens is 1. The number of hydrogen-bond acceptors (Lipinski definition) is 4. The van der Waals surface area contributed by atoms with Crippen LogP contribution in [0.15, 0.2) is 60.2 Å². The van der Waals surface area contributed by atoms with Gasteiger partial charge in [0, 0.05) is 36.7 Å². The number of amides is 1. The van der Waals surface area contributed by atoms with Crippen LogP contribution in [0.2, 0.25) is 0 Å². The highest BCUT2D eigenvalue weighted by molar-refractivity contribution is 7.16. The Morgan fingerprint density at radius 2 is 2.10 bits per heavy atom. The fraction of sp³-hybridized carbons (Fsp3) is 0.261. The first-order chi connectivity index (χ1) is 14.3. The molecule has 1 N–H and O–H groups in total. The molecule has 1 aliphatic heterocycles. The molecule has 1 atom stereocenters. The van der Waals surface area contributed by atoms with Crippen molar-refractivity contribution in [2.45, 2.75) is 25.2 Å². The molecule has 0 saturated carbocycles. The molecular weight excluding hydrogens is 380 g/mol. The Morgan fingerprint density at radius 1 is 1.21 bits per heavy atom. The third kappa shape index (κ3) is 3.68. The number of piperidine rings is 1. The van der Waals surface area contributed by atoms with Crippen LogP contribution < -0.4 is 0 Å². The number of nitrogens with one attached hydrogen (secondary N) is 1. The lowest BCUT2D eigenvalue weighted by Gasteiger charge is -2.33. The summed E-state index contributed by atoms with van der Waals surface area (Å²) in [7, 11) is 0. The molecule has 0 bridgehead atoms. The van der Waals surface area contributed by atoms with Gasteiger partial charge in [0.15, 0.2) is 0 Å². The van der Waals surface area contributed by atoms with Crippen LogP contribution in [0.25, 0.3) is 10.2 Å². The van der Waals surface area contributed by atoms with E-state index in [1.54, 1.807) is 11.3 Å². The number of aromatic amines is 1. The number of aromatic nitrogens is 3. The van der Waals surface area contributed by atoms with Crippen molar-refractivity contribution >= 4 is 27.5 Å². The molecule has 0 unspecified atom stereocenters. The summed E-state index contributed by atoms with van der Waals surface area (Å²) in [6.45, 7) is 1.53. The molecule has 5 rings (SSSR count). The van der Waals surface area contributed by atoms with E-state index in [2.05, 4.69) is 39.4 Å². The van der Waals surface area contributed by atoms with Gasteiger partial charge >= 0.3 is 0 Å². The third-order valence-electron chi connectivity index (χ3n) is 5.68. The SMILES string of the molecule is O=C(c1ccc2ncsc2c1)N1CCC[C@H](c2[nH]ncc2Cc2ccccc2)C1. The van der Waals surface area contributed by atoms with E-state index in [9.17, 15) is 4.79 Å². The first kappa shape index (κ1) is 18.1. The van der Waals surface area contributed by atoms with Crippen molar-refractivity contribution in [3.8, 4) is 0 Å². The summed E-state index contributed by atoms with van der Waals surface area (Å²) in [6, 6.07) is 16.3. The molecule has 0 aliphatic carbocycles. The molecule has 146 valence electrons. The molecule has 4 aromatic rings. The molecule has 29 heavy (non-hydrogen) atoms. The highest BCUT2D eigenvalue weighted by Gasteiger charge is 2.28. The van der Waals surface area contributed by atoms with Crippen LogP contribution in [-0.4, -0.2) is 39.1 Å². The molecule has 2 aromatic carbocycles. The summed E-state index contributed by atoms with van der Waals surface area (Å²) in [5.41, 5.74) is 7.19. The fourth-order valence-corrected chi connectivity index (χ4v) is 4.92. The van der Waals surface area contributed by atoms with E-state index in [0.717, 1.165) is 48.1 Å². The Bertz CT molecular complexity index is 1130. The van der Waals surface area contributed by atoms with Crippen molar-refractivity contribution in [1.82, 2.24) is 20.1 Å². The summed E-state index contributed by atoms with van der Waals surface area (Å²) in [5, 5.41) is 7.54. The second kappa shape index (κ2) is 7.79. The van der Waals surface area contributed by atoms with Crippen molar-refractivity contribution in [2.75, 3.05) is 13.1 Å². The molecule has 0 spiro atoms. The second-order valence-corrected chi connectivity index (χ2v) is 8.48. The van der Waals surface area contributed by atoms with Gasteiger partial charge < -0.3 is 4.90 Å². The van der Waals surface area contributed by atoms with Crippen molar-refractivity contribution in [2.24, 2.45) is 0 Å². The highest BCUT2D eigenvalue weighted by atomic mass is 32.1. The number of thiazole rings is 1. The van der Waals surface area contributed by atoms with Crippen molar-refractivity contribution in [1.29, 1.82) is 0 Å². The average Bonchev–Trinajstić information content (AvgIpc) is 3.43. The number of nitrogens with zero attached hydrogens (tertiary/aromatic N) is 3. The van der Waals surface area contributed by atoms with Gasteiger partial charge in [-0.1, -0.05) is 30.3 Å². The standard InChI is InChI=1S/C23H22N4OS/c28-23(17-8-9-20-21(12-17)29-15-24-20)27-10-4-7-18(14-27)22-19(13-25-26-22)11-16-5-2-1-3-6-16/h1-3,5-6,8-9,12-13,15,18H,4,7,10-11,14H2,(H,25,26)/t18-/m0/s1. The number of hydrogen-bond donors (Lipinski definition) is 1. The summed E-state index contributed by atoms with van der Waals surface area (Å²) in [4.78, 5) is 19.4. The minimum atomic E-state index is 0.106. The van der Waals surface area contributed by atoms with Crippen molar-refractivity contribution in [3.05, 3.63) is 82.6 Å². The molecule has 1 fully saturated rings. The lowest BCUT2D eigenvalue weighted by atomic mass is 9.90. The minimum absolute atomic E-state index is 0.106. The van der Waals surface area contributed by atoms with Crippen LogP contribution in [0.4, 0.5) is 0 Å². The summed E-state index contributed by atoms with van der Waals surface area (Å²) < 4.78 is 1.06. The highest BCUT2D eigenvalue weighted by Crippen LogP contribution is 2.30. The van der Waals surface area contributed by atoms with Crippen molar-refractivity contribution < 1.29 is 4.79 Å². The first-order valence-electron chi connectivity index (χ1n) is 9.96. The predicted molar refractivity (Wildman–Crippen MR) is 115 cm³/mol. The monoisotopic (exact) mass is 402 g/mol. The minimum Gasteiger partial charge on any atom is -0.338 e. The van der Waals surface area contributed by atoms with Crippen LogP contribution >= 0.6 is 11.3 Å². The Kier molecular flexibility index (Phi) is 4.86. The lowest BCUT2D eigenvalue weighted by molar-refractivity contribution is 0.0706. The largest absolute Gasteiger partial charge is 0.338 e. The van der Waals surface area contributed by atoms with E-state index in [1.165, 1.54) is 16.8 Å². The fourth-order valence-electron chi connectivity index (χ4n) is 4.20. The van der Waals surface area contributed by atoms with Crippen LogP contribution in [0.1, 0.15) is 45.9 Å². The van der Waals surface area contributed by atoms with E-state index >= 15 is 0 Å². The predicted octanol–water partition coefficient (Wildman–Crippen LogP) is 4.63. The van der Waals surface area contributed by atoms with Gasteiger partial charge in [-0.05, 0) is 42.2 Å². The van der Waals surface area contributed by atoms with Crippen LogP contribution in [0, 0.1) is 0 Å². The van der Waals surface area contributed by atoms with Gasteiger partial charge in [0.2, 0.25) is 0 Å². The van der Waals surface area contributed by atoms with Gasteiger partial charge in [-0.2, -0.15) is 5.10 Å². The van der Waals surface area contributed by atoms with Crippen molar-refractivity contribution in [3.63, 3.8) is 0 Å². The maximum atomic E-state index is 13.1. The summed E-state index contributed by atoms with van der Waals surface area (Å²) in [5.74, 6) is 0.398. The number of benzene rings is 2. The molecule has 2 aromatic heterocycles. The number of fused-ring (bicyclic) bond motifs is 1. The zero-order valence-corrected chi connectivity index (χ0v) is 16.9. The Balaban J connectivity index is 1.34. The Morgan fingerprint density at radius 3 is 3.00 bits per heavy atom. The molecule has 6 heteroatoms. The molecule has 5 nitrogen and oxygen atoms in total. The molecule has 1 aliphatic rings. The van der Waals surface area contributed by atoms with Gasteiger partial charge in [0.25, 0.3) is 5.91 Å². The van der Waals surface area contributed by atoms with E-state index in [1.807, 2.05) is 40.9 Å². The molecular formula is C23H22N4OS.